The summed E-state index contributed by atoms with van der Waals surface area (Å²) in [7, 11) is 4.15. The predicted molar refractivity (Wildman–Crippen MR) is 116 cm³/mol. The molecule has 2 saturated heterocycles. The molecule has 0 spiro atoms. The van der Waals surface area contributed by atoms with Crippen LogP contribution >= 0.6 is 0 Å². The van der Waals surface area contributed by atoms with Crippen LogP contribution in [0.25, 0.3) is 11.0 Å². The summed E-state index contributed by atoms with van der Waals surface area (Å²) < 4.78 is 11.8. The normalized spacial score (nSPS) is 19.2. The first-order valence-corrected chi connectivity index (χ1v) is 10.6. The number of urea groups is 1. The summed E-state index contributed by atoms with van der Waals surface area (Å²) in [5.41, 5.74) is 0.919. The molecule has 0 bridgehead atoms. The second kappa shape index (κ2) is 8.65. The highest BCUT2D eigenvalue weighted by atomic mass is 16.5. The van der Waals surface area contributed by atoms with Crippen molar-refractivity contribution in [3.05, 3.63) is 34.2 Å². The molecule has 0 aliphatic carbocycles. The zero-order valence-electron chi connectivity index (χ0n) is 17.9. The van der Waals surface area contributed by atoms with Crippen molar-refractivity contribution >= 4 is 22.7 Å². The van der Waals surface area contributed by atoms with Crippen molar-refractivity contribution < 1.29 is 13.9 Å². The summed E-state index contributed by atoms with van der Waals surface area (Å²) in [6.45, 7) is 6.84. The topological polar surface area (TPSA) is 78.3 Å². The van der Waals surface area contributed by atoms with E-state index in [0.717, 1.165) is 55.7 Å². The summed E-state index contributed by atoms with van der Waals surface area (Å²) in [6, 6.07) is 5.21. The molecule has 30 heavy (non-hydrogen) atoms. The van der Waals surface area contributed by atoms with Gasteiger partial charge in [0, 0.05) is 50.2 Å². The number of amides is 2. The highest BCUT2D eigenvalue weighted by molar-refractivity contribution is 5.92. The minimum Gasteiger partial charge on any atom is -0.490 e. The fourth-order valence-corrected chi connectivity index (χ4v) is 4.01. The zero-order chi connectivity index (χ0) is 21.3. The van der Waals surface area contributed by atoms with Crippen molar-refractivity contribution in [2.75, 3.05) is 58.7 Å². The van der Waals surface area contributed by atoms with Crippen LogP contribution in [0.15, 0.2) is 27.4 Å². The molecule has 1 N–H and O–H groups in total. The summed E-state index contributed by atoms with van der Waals surface area (Å²) >= 11 is 0. The van der Waals surface area contributed by atoms with Crippen molar-refractivity contribution in [1.29, 1.82) is 0 Å². The number of ether oxygens (including phenoxy) is 1. The summed E-state index contributed by atoms with van der Waals surface area (Å²) in [5, 5.41) is 3.48. The molecule has 0 atom stereocenters. The molecule has 2 fully saturated rings. The average Bonchev–Trinajstić information content (AvgIpc) is 2.73. The van der Waals surface area contributed by atoms with Crippen LogP contribution in [0.5, 0.6) is 5.75 Å². The lowest BCUT2D eigenvalue weighted by molar-refractivity contribution is 0.113. The van der Waals surface area contributed by atoms with Crippen molar-refractivity contribution in [2.24, 2.45) is 0 Å². The lowest BCUT2D eigenvalue weighted by atomic mass is 10.1. The van der Waals surface area contributed by atoms with Gasteiger partial charge in [0.25, 0.3) is 0 Å². The van der Waals surface area contributed by atoms with Gasteiger partial charge in [-0.1, -0.05) is 0 Å². The second-order valence-electron chi connectivity index (χ2n) is 8.40. The van der Waals surface area contributed by atoms with Crippen molar-refractivity contribution in [2.45, 2.75) is 25.9 Å². The van der Waals surface area contributed by atoms with E-state index in [1.165, 1.54) is 0 Å². The standard InChI is InChI=1S/C22H30N4O4/c1-15-19(29-17-6-8-24(2)9-7-17)5-4-16-14-18(21(27)30-20(15)16)23-22(28)26-12-10-25(3)11-13-26/h4-5,14,17H,6-13H2,1-3H3,(H,23,28). The summed E-state index contributed by atoms with van der Waals surface area (Å²) in [4.78, 5) is 31.2. The van der Waals surface area contributed by atoms with E-state index in [-0.39, 0.29) is 17.8 Å². The molecule has 0 unspecified atom stereocenters. The van der Waals surface area contributed by atoms with E-state index in [1.807, 2.05) is 26.1 Å². The third-order valence-electron chi connectivity index (χ3n) is 6.09. The molecule has 2 aliphatic rings. The fraction of sp³-hybridized carbons (Fsp3) is 0.545. The number of fused-ring (bicyclic) bond motifs is 1. The van der Waals surface area contributed by atoms with Crippen molar-refractivity contribution in [1.82, 2.24) is 14.7 Å². The number of nitrogens with one attached hydrogen (secondary N) is 1. The second-order valence-corrected chi connectivity index (χ2v) is 8.40. The number of anilines is 1. The molecule has 8 heteroatoms. The van der Waals surface area contributed by atoms with Crippen LogP contribution in [0.2, 0.25) is 0 Å². The van der Waals surface area contributed by atoms with Crippen molar-refractivity contribution in [3.63, 3.8) is 0 Å². The molecule has 2 aromatic rings. The Balaban J connectivity index is 1.51. The Morgan fingerprint density at radius 3 is 2.43 bits per heavy atom. The Kier molecular flexibility index (Phi) is 5.97. The highest BCUT2D eigenvalue weighted by Gasteiger charge is 2.22. The fourth-order valence-electron chi connectivity index (χ4n) is 4.01. The van der Waals surface area contributed by atoms with E-state index < -0.39 is 5.63 Å². The molecular formula is C22H30N4O4. The van der Waals surface area contributed by atoms with E-state index in [9.17, 15) is 9.59 Å². The van der Waals surface area contributed by atoms with Gasteiger partial charge < -0.3 is 29.2 Å². The van der Waals surface area contributed by atoms with Crippen LogP contribution in [0.1, 0.15) is 18.4 Å². The Hall–Kier alpha value is -2.58. The molecular weight excluding hydrogens is 384 g/mol. The van der Waals surface area contributed by atoms with Gasteiger partial charge in [-0.15, -0.1) is 0 Å². The number of hydrogen-bond acceptors (Lipinski definition) is 6. The monoisotopic (exact) mass is 414 g/mol. The first kappa shape index (κ1) is 20.7. The molecule has 1 aromatic heterocycles. The maximum atomic E-state index is 12.5. The smallest absolute Gasteiger partial charge is 0.360 e. The van der Waals surface area contributed by atoms with Gasteiger partial charge >= 0.3 is 11.7 Å². The molecule has 0 saturated carbocycles. The number of carbonyl (C=O) groups excluding carboxylic acids is 1. The molecule has 8 nitrogen and oxygen atoms in total. The van der Waals surface area contributed by atoms with Crippen LogP contribution in [0, 0.1) is 6.92 Å². The molecule has 0 radical (unpaired) electrons. The highest BCUT2D eigenvalue weighted by Crippen LogP contribution is 2.29. The first-order valence-electron chi connectivity index (χ1n) is 10.6. The van der Waals surface area contributed by atoms with Crippen LogP contribution in [-0.2, 0) is 0 Å². The Bertz CT molecular complexity index is 973. The van der Waals surface area contributed by atoms with Crippen LogP contribution < -0.4 is 15.7 Å². The van der Waals surface area contributed by atoms with E-state index in [2.05, 4.69) is 22.2 Å². The molecule has 3 heterocycles. The number of likely N-dealkylation sites (N-methyl/N-ethyl adjacent to an activating group) is 1. The molecule has 162 valence electrons. The van der Waals surface area contributed by atoms with Gasteiger partial charge in [0.05, 0.1) is 0 Å². The van der Waals surface area contributed by atoms with Gasteiger partial charge in [0.2, 0.25) is 0 Å². The lowest BCUT2D eigenvalue weighted by Gasteiger charge is -2.32. The average molecular weight is 415 g/mol. The third-order valence-corrected chi connectivity index (χ3v) is 6.09. The Morgan fingerprint density at radius 1 is 1.07 bits per heavy atom. The predicted octanol–water partition coefficient (Wildman–Crippen LogP) is 2.35. The molecule has 2 amide bonds. The number of rotatable bonds is 3. The van der Waals surface area contributed by atoms with E-state index in [0.29, 0.717) is 18.7 Å². The first-order chi connectivity index (χ1) is 14.4. The number of benzene rings is 1. The largest absolute Gasteiger partial charge is 0.490 e. The molecule has 2 aliphatic heterocycles. The summed E-state index contributed by atoms with van der Waals surface area (Å²) in [6.07, 6.45) is 2.14. The number of aryl methyl sites for hydroxylation is 1. The van der Waals surface area contributed by atoms with Gasteiger partial charge in [-0.25, -0.2) is 9.59 Å². The molecule has 4 rings (SSSR count). The quantitative estimate of drug-likeness (QED) is 0.777. The Labute approximate surface area is 176 Å². The molecule has 1 aromatic carbocycles. The van der Waals surface area contributed by atoms with Gasteiger partial charge in [-0.3, -0.25) is 0 Å². The number of piperazine rings is 1. The third kappa shape index (κ3) is 4.44. The number of piperidine rings is 1. The lowest BCUT2D eigenvalue weighted by Crippen LogP contribution is -2.48. The van der Waals surface area contributed by atoms with Gasteiger partial charge in [0.1, 0.15) is 23.1 Å². The van der Waals surface area contributed by atoms with E-state index in [4.69, 9.17) is 9.15 Å². The maximum absolute atomic E-state index is 12.5. The van der Waals surface area contributed by atoms with E-state index in [1.54, 1.807) is 11.0 Å². The minimum atomic E-state index is -0.551. The van der Waals surface area contributed by atoms with Crippen LogP contribution in [-0.4, -0.2) is 80.2 Å². The zero-order valence-corrected chi connectivity index (χ0v) is 17.9. The van der Waals surface area contributed by atoms with Gasteiger partial charge in [-0.2, -0.15) is 0 Å². The number of likely N-dealkylation sites (tertiary alicyclic amines) is 1. The SMILES string of the molecule is Cc1c(OC2CCN(C)CC2)ccc2cc(NC(=O)N3CCN(C)CC3)c(=O)oc12. The number of carbonyl (C=O) groups is 1. The van der Waals surface area contributed by atoms with E-state index >= 15 is 0 Å². The van der Waals surface area contributed by atoms with Gasteiger partial charge in [0.15, 0.2) is 0 Å². The maximum Gasteiger partial charge on any atom is 0.360 e. The minimum absolute atomic E-state index is 0.162. The van der Waals surface area contributed by atoms with Crippen LogP contribution in [0.3, 0.4) is 0 Å². The van der Waals surface area contributed by atoms with Crippen molar-refractivity contribution in [3.8, 4) is 5.75 Å². The number of hydrogen-bond donors (Lipinski definition) is 1. The Morgan fingerprint density at radius 2 is 1.73 bits per heavy atom. The van der Waals surface area contributed by atoms with Crippen LogP contribution in [0.4, 0.5) is 10.5 Å². The number of nitrogens with zero attached hydrogens (tertiary/aromatic N) is 3. The summed E-state index contributed by atoms with van der Waals surface area (Å²) in [5.74, 6) is 0.745. The van der Waals surface area contributed by atoms with Gasteiger partial charge in [-0.05, 0) is 52.1 Å².